The lowest BCUT2D eigenvalue weighted by atomic mass is 9.77. The molecular weight excluding hydrogens is 484 g/mol. The number of phenols is 1. The lowest BCUT2D eigenvalue weighted by Crippen LogP contribution is -2.64. The number of hydrogen-bond donors (Lipinski definition) is 8. The number of nitrogens with two attached hydrogens (primary N) is 1. The van der Waals surface area contributed by atoms with Gasteiger partial charge in [0.05, 0.1) is 12.1 Å². The lowest BCUT2D eigenvalue weighted by molar-refractivity contribution is -0.158. The van der Waals surface area contributed by atoms with Crippen molar-refractivity contribution in [1.29, 1.82) is 0 Å². The number of amides is 4. The highest BCUT2D eigenvalue weighted by Crippen LogP contribution is 2.30. The van der Waals surface area contributed by atoms with Gasteiger partial charge < -0.3 is 42.1 Å². The third-order valence-corrected chi connectivity index (χ3v) is 6.20. The highest BCUT2D eigenvalue weighted by atomic mass is 16.3. The first-order valence-corrected chi connectivity index (χ1v) is 11.5. The van der Waals surface area contributed by atoms with E-state index in [1.165, 1.54) is 37.3 Å². The quantitative estimate of drug-likeness (QED) is 0.216. The van der Waals surface area contributed by atoms with Crippen molar-refractivity contribution in [3.05, 3.63) is 59.7 Å². The van der Waals surface area contributed by atoms with E-state index in [1.54, 1.807) is 18.2 Å². The molecule has 1 aliphatic carbocycles. The van der Waals surface area contributed by atoms with Gasteiger partial charge in [-0.1, -0.05) is 24.3 Å². The summed E-state index contributed by atoms with van der Waals surface area (Å²) in [5.41, 5.74) is 4.42. The third-order valence-electron chi connectivity index (χ3n) is 6.20. The zero-order chi connectivity index (χ0) is 27.3. The minimum Gasteiger partial charge on any atom is -0.508 e. The topological polar surface area (TPSA) is 211 Å². The summed E-state index contributed by atoms with van der Waals surface area (Å²) in [6.07, 6.45) is -4.11. The molecular formula is C25H30N4O8. The number of phenolic OH excluding ortho intramolecular Hbond substituents is 1. The molecule has 3 rings (SSSR count). The van der Waals surface area contributed by atoms with Gasteiger partial charge in [0, 0.05) is 30.5 Å². The molecule has 37 heavy (non-hydrogen) atoms. The van der Waals surface area contributed by atoms with E-state index in [4.69, 9.17) is 5.73 Å². The number of rotatable bonds is 8. The minimum atomic E-state index is -2.24. The molecule has 0 radical (unpaired) electrons. The Morgan fingerprint density at radius 3 is 2.38 bits per heavy atom. The van der Waals surface area contributed by atoms with Crippen molar-refractivity contribution in [2.24, 2.45) is 5.73 Å². The molecule has 9 N–H and O–H groups in total. The summed E-state index contributed by atoms with van der Waals surface area (Å²) in [7, 11) is 0. The van der Waals surface area contributed by atoms with E-state index in [2.05, 4.69) is 16.0 Å². The van der Waals surface area contributed by atoms with Crippen molar-refractivity contribution in [2.45, 2.75) is 56.1 Å². The summed E-state index contributed by atoms with van der Waals surface area (Å²) in [4.78, 5) is 49.0. The van der Waals surface area contributed by atoms with E-state index in [-0.39, 0.29) is 18.0 Å². The van der Waals surface area contributed by atoms with Crippen molar-refractivity contribution in [1.82, 2.24) is 10.6 Å². The molecule has 0 bridgehead atoms. The number of aromatic hydroxyl groups is 1. The Hall–Kier alpha value is -4.00. The fraction of sp³-hybridized carbons (Fsp3) is 0.360. The second-order valence-corrected chi connectivity index (χ2v) is 9.14. The van der Waals surface area contributed by atoms with Gasteiger partial charge in [0.25, 0.3) is 5.91 Å². The molecule has 0 aliphatic heterocycles. The largest absolute Gasteiger partial charge is 0.508 e. The van der Waals surface area contributed by atoms with Crippen molar-refractivity contribution in [3.63, 3.8) is 0 Å². The normalized spacial score (nSPS) is 23.9. The van der Waals surface area contributed by atoms with E-state index in [9.17, 15) is 39.6 Å². The highest BCUT2D eigenvalue weighted by molar-refractivity contribution is 5.97. The molecule has 1 saturated carbocycles. The zero-order valence-corrected chi connectivity index (χ0v) is 20.0. The Balaban J connectivity index is 1.69. The standard InChI is InChI=1S/C25H30N4O8/c1-13(30)15-3-2-4-16(10-15)27-24(36)29-19-11-25(37,12-20(32)21(19)33)23(35)28-18(22(26)34)9-14-5-7-17(31)8-6-14/h2-8,10,18-21,31-33,37H,9,11-12H2,1H3,(H2,26,34)(H,28,35)(H2,27,29,36)/t18-,19-,20+,21+,25-/m0/s1. The maximum Gasteiger partial charge on any atom is 0.319 e. The first kappa shape index (κ1) is 27.6. The SMILES string of the molecule is CC(=O)c1cccc(NC(=O)N[C@H]2C[C@@](O)(C(=O)N[C@@H](Cc3ccc(O)cc3)C(N)=O)C[C@@H](O)[C@@H]2O)c1. The number of carbonyl (C=O) groups is 4. The van der Waals surface area contributed by atoms with E-state index >= 15 is 0 Å². The average molecular weight is 515 g/mol. The third kappa shape index (κ3) is 7.03. The average Bonchev–Trinajstić information content (AvgIpc) is 2.83. The Morgan fingerprint density at radius 1 is 1.08 bits per heavy atom. The van der Waals surface area contributed by atoms with Crippen LogP contribution >= 0.6 is 0 Å². The van der Waals surface area contributed by atoms with E-state index < -0.39 is 60.6 Å². The van der Waals surface area contributed by atoms with Crippen molar-refractivity contribution in [3.8, 4) is 5.75 Å². The summed E-state index contributed by atoms with van der Waals surface area (Å²) < 4.78 is 0. The van der Waals surface area contributed by atoms with Crippen LogP contribution in [0.4, 0.5) is 10.5 Å². The van der Waals surface area contributed by atoms with Crippen LogP contribution in [0.1, 0.15) is 35.7 Å². The van der Waals surface area contributed by atoms with Gasteiger partial charge in [-0.2, -0.15) is 0 Å². The second-order valence-electron chi connectivity index (χ2n) is 9.14. The zero-order valence-electron chi connectivity index (χ0n) is 20.0. The number of aliphatic hydroxyl groups excluding tert-OH is 2. The number of benzene rings is 2. The molecule has 2 aromatic carbocycles. The second kappa shape index (κ2) is 11.4. The first-order chi connectivity index (χ1) is 17.4. The van der Waals surface area contributed by atoms with Crippen molar-refractivity contribution in [2.75, 3.05) is 5.32 Å². The molecule has 198 valence electrons. The summed E-state index contributed by atoms with van der Waals surface area (Å²) >= 11 is 0. The number of Topliss-reactive ketones (excluding diaryl/α,β-unsaturated/α-hetero) is 1. The Labute approximate surface area is 212 Å². The summed E-state index contributed by atoms with van der Waals surface area (Å²) in [5.74, 6) is -2.07. The molecule has 4 amide bonds. The van der Waals surface area contributed by atoms with Crippen LogP contribution in [0.15, 0.2) is 48.5 Å². The van der Waals surface area contributed by atoms with Crippen LogP contribution in [-0.2, 0) is 16.0 Å². The van der Waals surface area contributed by atoms with Gasteiger partial charge in [-0.3, -0.25) is 14.4 Å². The number of hydrogen-bond acceptors (Lipinski definition) is 8. The van der Waals surface area contributed by atoms with Crippen molar-refractivity contribution < 1.29 is 39.6 Å². The van der Waals surface area contributed by atoms with Gasteiger partial charge in [0.15, 0.2) is 5.78 Å². The van der Waals surface area contributed by atoms with E-state index in [1.807, 2.05) is 0 Å². The fourth-order valence-corrected chi connectivity index (χ4v) is 4.16. The van der Waals surface area contributed by atoms with Gasteiger partial charge in [-0.25, -0.2) is 4.79 Å². The molecule has 0 saturated heterocycles. The van der Waals surface area contributed by atoms with E-state index in [0.717, 1.165) is 0 Å². The summed E-state index contributed by atoms with van der Waals surface area (Å²) in [6.45, 7) is 1.37. The molecule has 1 fully saturated rings. The number of aliphatic hydroxyl groups is 3. The van der Waals surface area contributed by atoms with Gasteiger partial charge in [0.1, 0.15) is 23.5 Å². The van der Waals surface area contributed by atoms with Crippen molar-refractivity contribution >= 4 is 29.3 Å². The molecule has 2 aromatic rings. The minimum absolute atomic E-state index is 0.0154. The van der Waals surface area contributed by atoms with Gasteiger partial charge in [-0.15, -0.1) is 0 Å². The van der Waals surface area contributed by atoms with E-state index in [0.29, 0.717) is 16.8 Å². The molecule has 0 spiro atoms. The number of urea groups is 1. The first-order valence-electron chi connectivity index (χ1n) is 11.5. The lowest BCUT2D eigenvalue weighted by Gasteiger charge is -2.41. The number of nitrogens with one attached hydrogen (secondary N) is 3. The van der Waals surface area contributed by atoms with Crippen LogP contribution in [0.2, 0.25) is 0 Å². The van der Waals surface area contributed by atoms with Gasteiger partial charge >= 0.3 is 6.03 Å². The summed E-state index contributed by atoms with van der Waals surface area (Å²) in [5, 5.41) is 48.5. The monoisotopic (exact) mass is 514 g/mol. The van der Waals surface area contributed by atoms with Crippen LogP contribution in [0, 0.1) is 0 Å². The molecule has 12 nitrogen and oxygen atoms in total. The van der Waals surface area contributed by atoms with Crippen LogP contribution in [-0.4, -0.2) is 73.9 Å². The Bertz CT molecular complexity index is 1170. The molecule has 0 aromatic heterocycles. The Morgan fingerprint density at radius 2 is 1.76 bits per heavy atom. The number of ketones is 1. The number of anilines is 1. The summed E-state index contributed by atoms with van der Waals surface area (Å²) in [6, 6.07) is 8.77. The molecule has 1 aliphatic rings. The predicted octanol–water partition coefficient (Wildman–Crippen LogP) is -0.456. The highest BCUT2D eigenvalue weighted by Gasteiger charge is 2.49. The van der Waals surface area contributed by atoms with Gasteiger partial charge in [-0.05, 0) is 36.8 Å². The Kier molecular flexibility index (Phi) is 8.48. The van der Waals surface area contributed by atoms with Gasteiger partial charge in [0.2, 0.25) is 5.91 Å². The predicted molar refractivity (Wildman–Crippen MR) is 132 cm³/mol. The molecule has 5 atom stereocenters. The number of primary amides is 1. The maximum absolute atomic E-state index is 13.0. The van der Waals surface area contributed by atoms with Crippen LogP contribution in [0.25, 0.3) is 0 Å². The smallest absolute Gasteiger partial charge is 0.319 e. The molecule has 12 heteroatoms. The van der Waals surface area contributed by atoms with Crippen LogP contribution in [0.3, 0.4) is 0 Å². The van der Waals surface area contributed by atoms with Crippen LogP contribution < -0.4 is 21.7 Å². The molecule has 0 heterocycles. The molecule has 0 unspecified atom stereocenters. The maximum atomic E-state index is 13.0. The fourth-order valence-electron chi connectivity index (χ4n) is 4.16. The van der Waals surface area contributed by atoms with Crippen LogP contribution in [0.5, 0.6) is 5.75 Å². The number of carbonyl (C=O) groups excluding carboxylic acids is 4.